The van der Waals surface area contributed by atoms with Crippen molar-refractivity contribution in [1.82, 2.24) is 9.97 Å². The van der Waals surface area contributed by atoms with Crippen molar-refractivity contribution in [3.05, 3.63) is 47.4 Å². The number of benzene rings is 1. The number of rotatable bonds is 5. The van der Waals surface area contributed by atoms with Gasteiger partial charge in [0.05, 0.1) is 6.20 Å². The van der Waals surface area contributed by atoms with E-state index in [1.165, 1.54) is 5.56 Å². The number of hydrogen-bond acceptors (Lipinski definition) is 4. The van der Waals surface area contributed by atoms with Crippen LogP contribution >= 0.6 is 0 Å². The molecule has 1 aromatic heterocycles. The second-order valence-corrected chi connectivity index (χ2v) is 4.16. The lowest BCUT2D eigenvalue weighted by Crippen LogP contribution is -2.06. The molecule has 0 saturated heterocycles. The number of nitrogens with zero attached hydrogens (tertiary/aromatic N) is 2. The molecule has 0 aliphatic rings. The number of aromatic nitrogens is 2. The molecule has 0 unspecified atom stereocenters. The van der Waals surface area contributed by atoms with Crippen LogP contribution in [0, 0.1) is 5.82 Å². The highest BCUT2D eigenvalue weighted by Crippen LogP contribution is 2.13. The van der Waals surface area contributed by atoms with Crippen LogP contribution in [-0.4, -0.2) is 17.0 Å². The van der Waals surface area contributed by atoms with Gasteiger partial charge in [0.25, 0.3) is 0 Å². The molecule has 1 heterocycles. The normalized spacial score (nSPS) is 10.3. The van der Waals surface area contributed by atoms with Crippen molar-refractivity contribution in [3.63, 3.8) is 0 Å². The molecule has 0 spiro atoms. The molecule has 100 valence electrons. The minimum Gasteiger partial charge on any atom is -0.363 e. The van der Waals surface area contributed by atoms with Crippen LogP contribution in [0.25, 0.3) is 0 Å². The smallest absolute Gasteiger partial charge is 0.224 e. The predicted octanol–water partition coefficient (Wildman–Crippen LogP) is 2.83. The van der Waals surface area contributed by atoms with Crippen LogP contribution in [0.15, 0.2) is 30.5 Å². The van der Waals surface area contributed by atoms with E-state index in [9.17, 15) is 4.39 Å². The molecular formula is C14H17FN4. The molecule has 0 fully saturated rings. The summed E-state index contributed by atoms with van der Waals surface area (Å²) in [5, 5.41) is 5.75. The fourth-order valence-corrected chi connectivity index (χ4v) is 1.69. The van der Waals surface area contributed by atoms with E-state index in [2.05, 4.69) is 39.7 Å². The van der Waals surface area contributed by atoms with Crippen LogP contribution in [0.4, 0.5) is 16.2 Å². The Hall–Kier alpha value is -2.17. The molecule has 5 heteroatoms. The molecule has 0 aliphatic heterocycles. The van der Waals surface area contributed by atoms with E-state index in [0.717, 1.165) is 18.2 Å². The molecule has 2 rings (SSSR count). The van der Waals surface area contributed by atoms with Gasteiger partial charge < -0.3 is 10.6 Å². The van der Waals surface area contributed by atoms with Crippen LogP contribution < -0.4 is 10.6 Å². The predicted molar refractivity (Wildman–Crippen MR) is 74.7 cm³/mol. The Kier molecular flexibility index (Phi) is 4.28. The van der Waals surface area contributed by atoms with E-state index in [1.807, 2.05) is 12.1 Å². The Balaban J connectivity index is 2.05. The quantitative estimate of drug-likeness (QED) is 0.868. The molecule has 0 amide bonds. The van der Waals surface area contributed by atoms with E-state index in [4.69, 9.17) is 0 Å². The van der Waals surface area contributed by atoms with Gasteiger partial charge in [-0.2, -0.15) is 4.98 Å². The summed E-state index contributed by atoms with van der Waals surface area (Å²) < 4.78 is 13.5. The minimum absolute atomic E-state index is 0.207. The first-order chi connectivity index (χ1) is 9.22. The Bertz CT molecular complexity index is 540. The third-order valence-electron chi connectivity index (χ3n) is 2.86. The fraction of sp³-hybridized carbons (Fsp3) is 0.286. The molecular weight excluding hydrogens is 243 g/mol. The van der Waals surface area contributed by atoms with Crippen LogP contribution in [0.5, 0.6) is 0 Å². The molecule has 0 bridgehead atoms. The number of aryl methyl sites for hydroxylation is 1. The van der Waals surface area contributed by atoms with E-state index in [1.54, 1.807) is 7.05 Å². The maximum absolute atomic E-state index is 13.5. The van der Waals surface area contributed by atoms with Gasteiger partial charge in [0, 0.05) is 13.6 Å². The van der Waals surface area contributed by atoms with E-state index >= 15 is 0 Å². The fourth-order valence-electron chi connectivity index (χ4n) is 1.69. The van der Waals surface area contributed by atoms with Gasteiger partial charge in [0.15, 0.2) is 11.6 Å². The third-order valence-corrected chi connectivity index (χ3v) is 2.86. The SMILES string of the molecule is CCc1ccc(CNc2nc(NC)ncc2F)cc1. The molecule has 19 heavy (non-hydrogen) atoms. The summed E-state index contributed by atoms with van der Waals surface area (Å²) in [6.45, 7) is 2.64. The van der Waals surface area contributed by atoms with E-state index < -0.39 is 5.82 Å². The second kappa shape index (κ2) is 6.13. The van der Waals surface area contributed by atoms with Crippen molar-refractivity contribution in [2.75, 3.05) is 17.7 Å². The Morgan fingerprint density at radius 3 is 2.47 bits per heavy atom. The summed E-state index contributed by atoms with van der Waals surface area (Å²) in [4.78, 5) is 7.83. The van der Waals surface area contributed by atoms with Gasteiger partial charge in [-0.3, -0.25) is 0 Å². The third kappa shape index (κ3) is 3.40. The highest BCUT2D eigenvalue weighted by molar-refractivity contribution is 5.41. The molecule has 0 radical (unpaired) electrons. The average molecular weight is 260 g/mol. The van der Waals surface area contributed by atoms with Crippen molar-refractivity contribution < 1.29 is 4.39 Å². The largest absolute Gasteiger partial charge is 0.363 e. The van der Waals surface area contributed by atoms with Crippen LogP contribution in [0.3, 0.4) is 0 Å². The first kappa shape index (κ1) is 13.3. The monoisotopic (exact) mass is 260 g/mol. The number of nitrogens with one attached hydrogen (secondary N) is 2. The topological polar surface area (TPSA) is 49.8 Å². The van der Waals surface area contributed by atoms with Crippen molar-refractivity contribution in [2.45, 2.75) is 19.9 Å². The Labute approximate surface area is 112 Å². The minimum atomic E-state index is -0.454. The van der Waals surface area contributed by atoms with Gasteiger partial charge in [0.2, 0.25) is 5.95 Å². The van der Waals surface area contributed by atoms with Crippen molar-refractivity contribution in [3.8, 4) is 0 Å². The molecule has 1 aromatic carbocycles. The van der Waals surface area contributed by atoms with Gasteiger partial charge >= 0.3 is 0 Å². The second-order valence-electron chi connectivity index (χ2n) is 4.16. The molecule has 2 aromatic rings. The maximum atomic E-state index is 13.5. The number of hydrogen-bond donors (Lipinski definition) is 2. The van der Waals surface area contributed by atoms with Crippen LogP contribution in [0.2, 0.25) is 0 Å². The zero-order valence-corrected chi connectivity index (χ0v) is 11.1. The zero-order valence-electron chi connectivity index (χ0n) is 11.1. The van der Waals surface area contributed by atoms with Gasteiger partial charge in [-0.1, -0.05) is 31.2 Å². The molecule has 0 atom stereocenters. The summed E-state index contributed by atoms with van der Waals surface area (Å²) in [5.74, 6) is 0.147. The number of anilines is 2. The average Bonchev–Trinajstić information content (AvgIpc) is 2.47. The first-order valence-electron chi connectivity index (χ1n) is 6.25. The highest BCUT2D eigenvalue weighted by atomic mass is 19.1. The summed E-state index contributed by atoms with van der Waals surface area (Å²) in [7, 11) is 1.69. The van der Waals surface area contributed by atoms with Crippen molar-refractivity contribution >= 4 is 11.8 Å². The highest BCUT2D eigenvalue weighted by Gasteiger charge is 2.05. The lowest BCUT2D eigenvalue weighted by Gasteiger charge is -2.08. The molecule has 0 saturated carbocycles. The van der Waals surface area contributed by atoms with Gasteiger partial charge in [0.1, 0.15) is 0 Å². The maximum Gasteiger partial charge on any atom is 0.224 e. The van der Waals surface area contributed by atoms with Gasteiger partial charge in [-0.25, -0.2) is 9.37 Å². The van der Waals surface area contributed by atoms with Gasteiger partial charge in [-0.15, -0.1) is 0 Å². The summed E-state index contributed by atoms with van der Waals surface area (Å²) in [6, 6.07) is 8.21. The summed E-state index contributed by atoms with van der Waals surface area (Å²) in [5.41, 5.74) is 2.37. The van der Waals surface area contributed by atoms with Crippen LogP contribution in [-0.2, 0) is 13.0 Å². The standard InChI is InChI=1S/C14H17FN4/c1-3-10-4-6-11(7-5-10)8-17-13-12(15)9-18-14(16-2)19-13/h4-7,9H,3,8H2,1-2H3,(H2,16,17,18,19). The molecule has 4 nitrogen and oxygen atoms in total. The van der Waals surface area contributed by atoms with E-state index in [-0.39, 0.29) is 5.82 Å². The first-order valence-corrected chi connectivity index (χ1v) is 6.25. The summed E-state index contributed by atoms with van der Waals surface area (Å²) in [6.07, 6.45) is 2.17. The van der Waals surface area contributed by atoms with Crippen molar-refractivity contribution in [1.29, 1.82) is 0 Å². The lowest BCUT2D eigenvalue weighted by molar-refractivity contribution is 0.617. The van der Waals surface area contributed by atoms with Crippen molar-refractivity contribution in [2.24, 2.45) is 0 Å². The van der Waals surface area contributed by atoms with Gasteiger partial charge in [-0.05, 0) is 17.5 Å². The molecule has 2 N–H and O–H groups in total. The lowest BCUT2D eigenvalue weighted by atomic mass is 10.1. The van der Waals surface area contributed by atoms with Crippen LogP contribution in [0.1, 0.15) is 18.1 Å². The molecule has 0 aliphatic carbocycles. The Morgan fingerprint density at radius 1 is 1.16 bits per heavy atom. The Morgan fingerprint density at radius 2 is 1.84 bits per heavy atom. The zero-order chi connectivity index (χ0) is 13.7. The summed E-state index contributed by atoms with van der Waals surface area (Å²) >= 11 is 0. The number of halogens is 1. The van der Waals surface area contributed by atoms with E-state index in [0.29, 0.717) is 12.5 Å².